The number of carbonyl (C=O) groups is 2. The summed E-state index contributed by atoms with van der Waals surface area (Å²) in [7, 11) is 0. The van der Waals surface area contributed by atoms with E-state index in [0.717, 1.165) is 39.1 Å². The second-order valence-corrected chi connectivity index (χ2v) is 7.59. The van der Waals surface area contributed by atoms with E-state index in [1.54, 1.807) is 18.2 Å². The molecule has 0 spiro atoms. The third-order valence-corrected chi connectivity index (χ3v) is 5.44. The highest BCUT2D eigenvalue weighted by Crippen LogP contribution is 2.32. The van der Waals surface area contributed by atoms with E-state index in [0.29, 0.717) is 36.9 Å². The molecule has 1 saturated heterocycles. The molecule has 0 unspecified atom stereocenters. The molecule has 0 bridgehead atoms. The number of rotatable bonds is 6. The fraction of sp³-hybridized carbons (Fsp3) is 0.391. The number of fused-ring (bicyclic) bond motifs is 1. The first-order valence-electron chi connectivity index (χ1n) is 10.7. The van der Waals surface area contributed by atoms with Gasteiger partial charge in [-0.1, -0.05) is 18.2 Å². The molecule has 0 aliphatic carbocycles. The van der Waals surface area contributed by atoms with Gasteiger partial charge in [0.15, 0.2) is 11.5 Å². The third-order valence-electron chi connectivity index (χ3n) is 5.44. The molecule has 2 amide bonds. The van der Waals surface area contributed by atoms with Crippen LogP contribution in [0.3, 0.4) is 0 Å². The van der Waals surface area contributed by atoms with Gasteiger partial charge in [0.05, 0.1) is 0 Å². The molecule has 0 atom stereocenters. The van der Waals surface area contributed by atoms with E-state index in [9.17, 15) is 9.59 Å². The molecule has 8 heteroatoms. The molecular formula is C23H28N4O4. The molecule has 2 aliphatic rings. The van der Waals surface area contributed by atoms with Gasteiger partial charge in [-0.15, -0.1) is 0 Å². The minimum atomic E-state index is -0.687. The Morgan fingerprint density at radius 3 is 2.39 bits per heavy atom. The lowest BCUT2D eigenvalue weighted by Gasteiger charge is -2.36. The molecule has 8 nitrogen and oxygen atoms in total. The van der Waals surface area contributed by atoms with Gasteiger partial charge in [-0.2, -0.15) is 0 Å². The quantitative estimate of drug-likeness (QED) is 0.543. The molecule has 0 aromatic heterocycles. The number of hydrogen-bond acceptors (Lipinski definition) is 6. The number of nitrogens with zero attached hydrogens (tertiary/aromatic N) is 2. The third kappa shape index (κ3) is 5.67. The number of nitrogens with one attached hydrogen (secondary N) is 2. The Morgan fingerprint density at radius 1 is 0.871 bits per heavy atom. The zero-order valence-electron chi connectivity index (χ0n) is 17.5. The fourth-order valence-corrected chi connectivity index (χ4v) is 3.76. The van der Waals surface area contributed by atoms with Crippen LogP contribution in [0.5, 0.6) is 11.5 Å². The molecule has 4 rings (SSSR count). The molecule has 31 heavy (non-hydrogen) atoms. The summed E-state index contributed by atoms with van der Waals surface area (Å²) >= 11 is 0. The fourth-order valence-electron chi connectivity index (χ4n) is 3.76. The second-order valence-electron chi connectivity index (χ2n) is 7.59. The van der Waals surface area contributed by atoms with E-state index in [-0.39, 0.29) is 0 Å². The predicted molar refractivity (Wildman–Crippen MR) is 119 cm³/mol. The van der Waals surface area contributed by atoms with Crippen LogP contribution in [-0.2, 0) is 9.59 Å². The number of piperazine rings is 1. The largest absolute Gasteiger partial charge is 0.486 e. The predicted octanol–water partition coefficient (Wildman–Crippen LogP) is 1.72. The summed E-state index contributed by atoms with van der Waals surface area (Å²) in [6, 6.07) is 15.5. The summed E-state index contributed by atoms with van der Waals surface area (Å²) < 4.78 is 10.9. The average molecular weight is 425 g/mol. The van der Waals surface area contributed by atoms with Crippen LogP contribution in [-0.4, -0.2) is 69.2 Å². The minimum Gasteiger partial charge on any atom is -0.486 e. The van der Waals surface area contributed by atoms with Gasteiger partial charge >= 0.3 is 11.8 Å². The van der Waals surface area contributed by atoms with Crippen molar-refractivity contribution in [1.82, 2.24) is 10.2 Å². The number of hydrogen-bond donors (Lipinski definition) is 2. The Labute approximate surface area is 182 Å². The maximum absolute atomic E-state index is 12.1. The average Bonchev–Trinajstić information content (AvgIpc) is 2.82. The number of ether oxygens (including phenoxy) is 2. The van der Waals surface area contributed by atoms with Crippen LogP contribution in [0.4, 0.5) is 11.4 Å². The van der Waals surface area contributed by atoms with E-state index in [1.165, 1.54) is 5.69 Å². The summed E-state index contributed by atoms with van der Waals surface area (Å²) in [5.74, 6) is -0.118. The smallest absolute Gasteiger partial charge is 0.313 e. The topological polar surface area (TPSA) is 83.1 Å². The highest BCUT2D eigenvalue weighted by Gasteiger charge is 2.18. The number of carbonyl (C=O) groups excluding carboxylic acids is 2. The van der Waals surface area contributed by atoms with E-state index in [2.05, 4.69) is 44.7 Å². The van der Waals surface area contributed by atoms with Crippen LogP contribution in [0, 0.1) is 0 Å². The van der Waals surface area contributed by atoms with E-state index >= 15 is 0 Å². The lowest BCUT2D eigenvalue weighted by Crippen LogP contribution is -2.47. The van der Waals surface area contributed by atoms with Crippen LogP contribution in [0.2, 0.25) is 0 Å². The lowest BCUT2D eigenvalue weighted by atomic mass is 10.2. The monoisotopic (exact) mass is 424 g/mol. The first-order chi connectivity index (χ1) is 15.2. The van der Waals surface area contributed by atoms with Crippen LogP contribution >= 0.6 is 0 Å². The van der Waals surface area contributed by atoms with Gasteiger partial charge < -0.3 is 25.0 Å². The molecule has 0 radical (unpaired) electrons. The van der Waals surface area contributed by atoms with Gasteiger partial charge in [-0.3, -0.25) is 14.5 Å². The van der Waals surface area contributed by atoms with Crippen molar-refractivity contribution in [2.75, 3.05) is 62.7 Å². The lowest BCUT2D eigenvalue weighted by molar-refractivity contribution is -0.136. The summed E-state index contributed by atoms with van der Waals surface area (Å²) in [6.07, 6.45) is 0.800. The molecule has 2 aromatic carbocycles. The van der Waals surface area contributed by atoms with Crippen LogP contribution in [0.1, 0.15) is 6.42 Å². The molecule has 2 N–H and O–H groups in total. The van der Waals surface area contributed by atoms with Gasteiger partial charge in [-0.25, -0.2) is 0 Å². The Balaban J connectivity index is 1.13. The summed E-state index contributed by atoms with van der Waals surface area (Å²) in [5, 5.41) is 5.30. The highest BCUT2D eigenvalue weighted by molar-refractivity contribution is 6.39. The number of anilines is 2. The normalized spacial score (nSPS) is 15.9. The van der Waals surface area contributed by atoms with E-state index in [1.807, 2.05) is 6.07 Å². The molecule has 2 aromatic rings. The van der Waals surface area contributed by atoms with E-state index < -0.39 is 11.8 Å². The summed E-state index contributed by atoms with van der Waals surface area (Å²) in [5.41, 5.74) is 1.76. The van der Waals surface area contributed by atoms with Crippen molar-refractivity contribution in [3.05, 3.63) is 48.5 Å². The SMILES string of the molecule is O=C(NCCCN1CCN(c2ccccc2)CC1)C(=O)Nc1ccc2c(c1)OCCO2. The van der Waals surface area contributed by atoms with Gasteiger partial charge in [0.2, 0.25) is 0 Å². The van der Waals surface area contributed by atoms with Gasteiger partial charge in [0.1, 0.15) is 13.2 Å². The van der Waals surface area contributed by atoms with Gasteiger partial charge in [0, 0.05) is 50.2 Å². The Hall–Kier alpha value is -3.26. The first-order valence-corrected chi connectivity index (χ1v) is 10.7. The van der Waals surface area contributed by atoms with Crippen molar-refractivity contribution in [2.24, 2.45) is 0 Å². The van der Waals surface area contributed by atoms with E-state index in [4.69, 9.17) is 9.47 Å². The molecule has 164 valence electrons. The van der Waals surface area contributed by atoms with Crippen molar-refractivity contribution in [3.8, 4) is 11.5 Å². The Morgan fingerprint density at radius 2 is 1.61 bits per heavy atom. The van der Waals surface area contributed by atoms with Gasteiger partial charge in [-0.05, 0) is 37.2 Å². The number of para-hydroxylation sites is 1. The molecule has 2 aliphatic heterocycles. The maximum atomic E-state index is 12.1. The second kappa shape index (κ2) is 10.2. The zero-order chi connectivity index (χ0) is 21.5. The summed E-state index contributed by atoms with van der Waals surface area (Å²) in [4.78, 5) is 29.0. The first kappa shape index (κ1) is 21.0. The van der Waals surface area contributed by atoms with Crippen LogP contribution in [0.25, 0.3) is 0 Å². The van der Waals surface area contributed by atoms with Gasteiger partial charge in [0.25, 0.3) is 0 Å². The number of benzene rings is 2. The molecule has 1 fully saturated rings. The van der Waals surface area contributed by atoms with Crippen molar-refractivity contribution in [3.63, 3.8) is 0 Å². The number of amides is 2. The van der Waals surface area contributed by atoms with Crippen LogP contribution < -0.4 is 25.0 Å². The minimum absolute atomic E-state index is 0.464. The van der Waals surface area contributed by atoms with Crippen molar-refractivity contribution in [2.45, 2.75) is 6.42 Å². The highest BCUT2D eigenvalue weighted by atomic mass is 16.6. The van der Waals surface area contributed by atoms with Crippen molar-refractivity contribution in [1.29, 1.82) is 0 Å². The Kier molecular flexibility index (Phi) is 6.89. The van der Waals surface area contributed by atoms with Crippen LogP contribution in [0.15, 0.2) is 48.5 Å². The maximum Gasteiger partial charge on any atom is 0.313 e. The molecule has 0 saturated carbocycles. The molecule has 2 heterocycles. The van der Waals surface area contributed by atoms with Crippen molar-refractivity contribution < 1.29 is 19.1 Å². The molecular weight excluding hydrogens is 396 g/mol. The zero-order valence-corrected chi connectivity index (χ0v) is 17.5. The van der Waals surface area contributed by atoms with Crippen molar-refractivity contribution >= 4 is 23.2 Å². The standard InChI is InChI=1S/C23H28N4O4/c28-22(23(29)25-18-7-8-20-21(17-18)31-16-15-30-20)24-9-4-10-26-11-13-27(14-12-26)19-5-2-1-3-6-19/h1-3,5-8,17H,4,9-16H2,(H,24,28)(H,25,29). The Bertz CT molecular complexity index is 898. The summed E-state index contributed by atoms with van der Waals surface area (Å²) in [6.45, 7) is 6.30.